The van der Waals surface area contributed by atoms with Gasteiger partial charge in [0.05, 0.1) is 11.5 Å². The Balaban J connectivity index is 1.73. The molecular weight excluding hydrogens is 346 g/mol. The first kappa shape index (κ1) is 17.6. The van der Waals surface area contributed by atoms with E-state index in [1.807, 2.05) is 6.92 Å². The van der Waals surface area contributed by atoms with Gasteiger partial charge in [0.25, 0.3) is 0 Å². The molecule has 3 rings (SSSR count). The van der Waals surface area contributed by atoms with Gasteiger partial charge in [-0.3, -0.25) is 4.79 Å². The lowest BCUT2D eigenvalue weighted by atomic mass is 9.90. The molecule has 0 fully saturated rings. The van der Waals surface area contributed by atoms with E-state index in [-0.39, 0.29) is 17.7 Å². The number of aryl methyl sites for hydroxylation is 1. The smallest absolute Gasteiger partial charge is 0.240 e. The number of hydrogen-bond acceptors (Lipinski definition) is 5. The van der Waals surface area contributed by atoms with Crippen molar-refractivity contribution in [3.63, 3.8) is 0 Å². The maximum absolute atomic E-state index is 12.2. The number of hydrogen-bond donors (Lipinski definition) is 2. The summed E-state index contributed by atoms with van der Waals surface area (Å²) in [4.78, 5) is 12.6. The largest absolute Gasteiger partial charge is 0.273 e. The molecule has 1 unspecified atom stereocenters. The van der Waals surface area contributed by atoms with Crippen LogP contribution in [0.3, 0.4) is 0 Å². The summed E-state index contributed by atoms with van der Waals surface area (Å²) in [6.07, 6.45) is 5.08. The number of rotatable bonds is 6. The lowest BCUT2D eigenvalue weighted by Gasteiger charge is -2.24. The second-order valence-corrected chi connectivity index (χ2v) is 9.21. The van der Waals surface area contributed by atoms with Crippen LogP contribution in [0.1, 0.15) is 55.0 Å². The summed E-state index contributed by atoms with van der Waals surface area (Å²) >= 11 is 1.71. The third kappa shape index (κ3) is 4.04. The Kier molecular flexibility index (Phi) is 5.36. The molecule has 6 nitrogen and oxygen atoms in total. The molecule has 1 amide bonds. The Morgan fingerprint density at radius 1 is 1.38 bits per heavy atom. The molecule has 0 saturated carbocycles. The average Bonchev–Trinajstić information content (AvgIpc) is 2.96. The second kappa shape index (κ2) is 7.33. The van der Waals surface area contributed by atoms with Gasteiger partial charge in [-0.2, -0.15) is 5.10 Å². The van der Waals surface area contributed by atoms with Crippen LogP contribution in [-0.2, 0) is 27.7 Å². The zero-order chi connectivity index (χ0) is 17.2. The van der Waals surface area contributed by atoms with E-state index in [1.165, 1.54) is 10.4 Å². The summed E-state index contributed by atoms with van der Waals surface area (Å²) in [5.74, 6) is 0.145. The Hall–Kier alpha value is -1.25. The van der Waals surface area contributed by atoms with E-state index in [4.69, 9.17) is 0 Å². The van der Waals surface area contributed by atoms with Crippen LogP contribution >= 0.6 is 11.3 Å². The topological polar surface area (TPSA) is 87.6 Å². The highest BCUT2D eigenvalue weighted by molar-refractivity contribution is 7.89. The molecule has 2 heterocycles. The van der Waals surface area contributed by atoms with Gasteiger partial charge in [-0.05, 0) is 31.2 Å². The second-order valence-electron chi connectivity index (χ2n) is 6.37. The number of hydrazone groups is 1. The van der Waals surface area contributed by atoms with Crippen LogP contribution in [0.25, 0.3) is 0 Å². The number of nitrogens with zero attached hydrogens (tertiary/aromatic N) is 1. The van der Waals surface area contributed by atoms with Crippen molar-refractivity contribution in [2.24, 2.45) is 5.10 Å². The van der Waals surface area contributed by atoms with Crippen molar-refractivity contribution in [3.8, 4) is 0 Å². The van der Waals surface area contributed by atoms with Gasteiger partial charge in [0, 0.05) is 34.7 Å². The number of amides is 1. The van der Waals surface area contributed by atoms with Gasteiger partial charge in [0.1, 0.15) is 0 Å². The minimum atomic E-state index is -3.21. The summed E-state index contributed by atoms with van der Waals surface area (Å²) < 4.78 is 27.2. The molecule has 2 aliphatic rings. The highest BCUT2D eigenvalue weighted by Crippen LogP contribution is 2.32. The van der Waals surface area contributed by atoms with E-state index in [1.54, 1.807) is 11.3 Å². The van der Waals surface area contributed by atoms with E-state index < -0.39 is 10.0 Å². The molecule has 0 radical (unpaired) electrons. The van der Waals surface area contributed by atoms with Crippen molar-refractivity contribution in [3.05, 3.63) is 21.4 Å². The highest BCUT2D eigenvalue weighted by atomic mass is 32.2. The number of unbranched alkanes of at least 4 members (excludes halogenated alkanes) is 1. The summed E-state index contributed by atoms with van der Waals surface area (Å²) in [6, 6.07) is -0.0495. The zero-order valence-electron chi connectivity index (χ0n) is 13.8. The molecule has 1 aliphatic carbocycles. The van der Waals surface area contributed by atoms with Crippen molar-refractivity contribution in [1.29, 1.82) is 0 Å². The molecule has 1 atom stereocenters. The minimum absolute atomic E-state index is 0.0495. The monoisotopic (exact) mass is 369 g/mol. The predicted molar refractivity (Wildman–Crippen MR) is 95.9 cm³/mol. The number of carbonyl (C=O) groups excluding carboxylic acids is 1. The fraction of sp³-hybridized carbons (Fsp3) is 0.625. The van der Waals surface area contributed by atoms with Gasteiger partial charge in [-0.25, -0.2) is 18.6 Å². The van der Waals surface area contributed by atoms with Crippen molar-refractivity contribution in [1.82, 2.24) is 10.1 Å². The molecule has 24 heavy (non-hydrogen) atoms. The number of thiophene rings is 1. The third-order valence-corrected chi connectivity index (χ3v) is 7.09. The molecule has 0 aromatic carbocycles. The molecule has 0 saturated heterocycles. The van der Waals surface area contributed by atoms with Crippen molar-refractivity contribution in [2.75, 3.05) is 5.75 Å². The SMILES string of the molecule is CCCCS(=O)(=O)NC1CCc2scc(C3=NNC(=O)CC3)c2C1. The van der Waals surface area contributed by atoms with Crippen molar-refractivity contribution < 1.29 is 13.2 Å². The lowest BCUT2D eigenvalue weighted by Crippen LogP contribution is -2.40. The molecule has 1 aliphatic heterocycles. The summed E-state index contributed by atoms with van der Waals surface area (Å²) in [5, 5.41) is 6.28. The zero-order valence-corrected chi connectivity index (χ0v) is 15.4. The van der Waals surface area contributed by atoms with Gasteiger partial charge < -0.3 is 0 Å². The molecule has 8 heteroatoms. The van der Waals surface area contributed by atoms with Crippen LogP contribution in [0.5, 0.6) is 0 Å². The molecule has 0 bridgehead atoms. The first-order valence-corrected chi connectivity index (χ1v) is 11.0. The van der Waals surface area contributed by atoms with Crippen LogP contribution in [0.4, 0.5) is 0 Å². The van der Waals surface area contributed by atoms with E-state index in [0.29, 0.717) is 25.7 Å². The normalized spacial score (nSPS) is 21.1. The number of fused-ring (bicyclic) bond motifs is 1. The average molecular weight is 370 g/mol. The number of nitrogens with one attached hydrogen (secondary N) is 2. The standard InChI is InChI=1S/C16H23N3O3S2/c1-2-3-8-24(21,22)19-11-4-6-15-12(9-11)13(10-23-15)14-5-7-16(20)18-17-14/h10-11,19H,2-9H2,1H3,(H,18,20). The van der Waals surface area contributed by atoms with Crippen molar-refractivity contribution in [2.45, 2.75) is 57.9 Å². The lowest BCUT2D eigenvalue weighted by molar-refractivity contribution is -0.121. The van der Waals surface area contributed by atoms with E-state index in [9.17, 15) is 13.2 Å². The summed E-state index contributed by atoms with van der Waals surface area (Å²) in [7, 11) is -3.21. The Morgan fingerprint density at radius 2 is 2.21 bits per heavy atom. The van der Waals surface area contributed by atoms with Gasteiger partial charge in [0.2, 0.25) is 15.9 Å². The Morgan fingerprint density at radius 3 is 2.92 bits per heavy atom. The molecule has 0 spiro atoms. The first-order valence-electron chi connectivity index (χ1n) is 8.43. The minimum Gasteiger partial charge on any atom is -0.273 e. The Bertz CT molecular complexity index is 753. The van der Waals surface area contributed by atoms with Crippen LogP contribution in [-0.4, -0.2) is 31.8 Å². The van der Waals surface area contributed by atoms with Crippen LogP contribution in [0.15, 0.2) is 10.5 Å². The van der Waals surface area contributed by atoms with Gasteiger partial charge in [0.15, 0.2) is 0 Å². The van der Waals surface area contributed by atoms with Crippen molar-refractivity contribution >= 4 is 33.0 Å². The Labute approximate surface area is 146 Å². The van der Waals surface area contributed by atoms with E-state index in [2.05, 4.69) is 20.6 Å². The maximum Gasteiger partial charge on any atom is 0.240 e. The van der Waals surface area contributed by atoms with E-state index >= 15 is 0 Å². The quantitative estimate of drug-likeness (QED) is 0.803. The van der Waals surface area contributed by atoms with Crippen LogP contribution in [0.2, 0.25) is 0 Å². The van der Waals surface area contributed by atoms with Crippen LogP contribution < -0.4 is 10.1 Å². The molecule has 1 aromatic rings. The molecule has 2 N–H and O–H groups in total. The van der Waals surface area contributed by atoms with Crippen LogP contribution in [0, 0.1) is 0 Å². The maximum atomic E-state index is 12.2. The predicted octanol–water partition coefficient (Wildman–Crippen LogP) is 1.94. The highest BCUT2D eigenvalue weighted by Gasteiger charge is 2.28. The summed E-state index contributed by atoms with van der Waals surface area (Å²) in [5.41, 5.74) is 5.72. The number of carbonyl (C=O) groups is 1. The van der Waals surface area contributed by atoms with Gasteiger partial charge in [-0.1, -0.05) is 13.3 Å². The fourth-order valence-electron chi connectivity index (χ4n) is 3.17. The molecule has 132 valence electrons. The molecular formula is C16H23N3O3S2. The number of sulfonamides is 1. The van der Waals surface area contributed by atoms with Gasteiger partial charge >= 0.3 is 0 Å². The first-order chi connectivity index (χ1) is 11.5. The third-order valence-electron chi connectivity index (χ3n) is 4.48. The fourth-order valence-corrected chi connectivity index (χ4v) is 5.77. The van der Waals surface area contributed by atoms with Gasteiger partial charge in [-0.15, -0.1) is 11.3 Å². The molecule has 1 aromatic heterocycles. The van der Waals surface area contributed by atoms with E-state index in [0.717, 1.165) is 30.5 Å². The summed E-state index contributed by atoms with van der Waals surface area (Å²) in [6.45, 7) is 1.99.